The van der Waals surface area contributed by atoms with Crippen LogP contribution < -0.4 is 10.5 Å². The molecule has 12 heavy (non-hydrogen) atoms. The fourth-order valence-electron chi connectivity index (χ4n) is 1.02. The van der Waals surface area contributed by atoms with E-state index in [2.05, 4.69) is 0 Å². The fourth-order valence-corrected chi connectivity index (χ4v) is 1.02. The maximum Gasteiger partial charge on any atom is 0.145 e. The zero-order valence-corrected chi connectivity index (χ0v) is 7.08. The fraction of sp³-hybridized carbons (Fsp3) is 0.333. The smallest absolute Gasteiger partial charge is 0.145 e. The van der Waals surface area contributed by atoms with Crippen molar-refractivity contribution in [3.8, 4) is 5.75 Å². The zero-order valence-electron chi connectivity index (χ0n) is 7.08. The Bertz CT molecular complexity index is 240. The van der Waals surface area contributed by atoms with Gasteiger partial charge in [-0.05, 0) is 18.6 Å². The second-order valence-corrected chi connectivity index (χ2v) is 2.57. The highest BCUT2D eigenvalue weighted by Gasteiger charge is 2.01. The van der Waals surface area contributed by atoms with Gasteiger partial charge in [0.05, 0.1) is 12.3 Å². The van der Waals surface area contributed by atoms with Crippen LogP contribution in [0, 0.1) is 6.92 Å². The Morgan fingerprint density at radius 1 is 1.50 bits per heavy atom. The van der Waals surface area contributed by atoms with Crippen LogP contribution in [-0.2, 0) is 0 Å². The molecule has 0 aromatic heterocycles. The van der Waals surface area contributed by atoms with E-state index in [4.69, 9.17) is 15.6 Å². The molecule has 66 valence electrons. The summed E-state index contributed by atoms with van der Waals surface area (Å²) in [6.45, 7) is 2.21. The van der Waals surface area contributed by atoms with Crippen LogP contribution in [0.2, 0.25) is 0 Å². The van der Waals surface area contributed by atoms with Crippen molar-refractivity contribution in [3.05, 3.63) is 23.8 Å². The molecular weight excluding hydrogens is 154 g/mol. The standard InChI is InChI=1S/C9H13NO2/c1-7-3-2-4-8(10)9(7)12-6-5-11/h2-4,11H,5-6,10H2,1H3. The molecule has 3 heteroatoms. The molecule has 0 saturated carbocycles. The summed E-state index contributed by atoms with van der Waals surface area (Å²) in [6.07, 6.45) is 0. The number of hydrogen-bond donors (Lipinski definition) is 2. The van der Waals surface area contributed by atoms with Crippen molar-refractivity contribution in [2.24, 2.45) is 0 Å². The number of rotatable bonds is 3. The van der Waals surface area contributed by atoms with E-state index in [0.717, 1.165) is 5.56 Å². The molecule has 3 N–H and O–H groups in total. The molecule has 0 atom stereocenters. The Kier molecular flexibility index (Phi) is 2.94. The lowest BCUT2D eigenvalue weighted by atomic mass is 10.2. The van der Waals surface area contributed by atoms with E-state index in [1.807, 2.05) is 19.1 Å². The third-order valence-electron chi connectivity index (χ3n) is 1.58. The maximum absolute atomic E-state index is 8.54. The second kappa shape index (κ2) is 3.97. The van der Waals surface area contributed by atoms with E-state index in [9.17, 15) is 0 Å². The predicted molar refractivity (Wildman–Crippen MR) is 48.2 cm³/mol. The van der Waals surface area contributed by atoms with Gasteiger partial charge in [-0.2, -0.15) is 0 Å². The van der Waals surface area contributed by atoms with Crippen LogP contribution in [0.1, 0.15) is 5.56 Å². The van der Waals surface area contributed by atoms with Gasteiger partial charge in [0.2, 0.25) is 0 Å². The molecule has 0 fully saturated rings. The average molecular weight is 167 g/mol. The lowest BCUT2D eigenvalue weighted by molar-refractivity contribution is 0.201. The van der Waals surface area contributed by atoms with Gasteiger partial charge in [0, 0.05) is 0 Å². The number of nitrogen functional groups attached to an aromatic ring is 1. The zero-order chi connectivity index (χ0) is 8.97. The average Bonchev–Trinajstić information content (AvgIpc) is 2.04. The Labute approximate surface area is 71.8 Å². The number of benzene rings is 1. The molecule has 0 spiro atoms. The minimum Gasteiger partial charge on any atom is -0.489 e. The van der Waals surface area contributed by atoms with Gasteiger partial charge in [-0.1, -0.05) is 12.1 Å². The number of ether oxygens (including phenoxy) is 1. The maximum atomic E-state index is 8.54. The molecule has 0 unspecified atom stereocenters. The summed E-state index contributed by atoms with van der Waals surface area (Å²) in [5, 5.41) is 8.54. The Morgan fingerprint density at radius 2 is 2.25 bits per heavy atom. The molecular formula is C9H13NO2. The number of aliphatic hydroxyl groups is 1. The Balaban J connectivity index is 2.81. The molecule has 0 aliphatic heterocycles. The largest absolute Gasteiger partial charge is 0.489 e. The Morgan fingerprint density at radius 3 is 2.83 bits per heavy atom. The third-order valence-corrected chi connectivity index (χ3v) is 1.58. The van der Waals surface area contributed by atoms with Crippen molar-refractivity contribution < 1.29 is 9.84 Å². The third kappa shape index (κ3) is 1.89. The summed E-state index contributed by atoms with van der Waals surface area (Å²) >= 11 is 0. The molecule has 1 aromatic rings. The molecule has 0 bridgehead atoms. The van der Waals surface area contributed by atoms with E-state index < -0.39 is 0 Å². The molecule has 0 aliphatic rings. The first-order chi connectivity index (χ1) is 5.75. The lowest BCUT2D eigenvalue weighted by Crippen LogP contribution is -2.04. The van der Waals surface area contributed by atoms with Gasteiger partial charge in [-0.25, -0.2) is 0 Å². The van der Waals surface area contributed by atoms with Gasteiger partial charge < -0.3 is 15.6 Å². The number of aryl methyl sites for hydroxylation is 1. The van der Waals surface area contributed by atoms with E-state index in [1.54, 1.807) is 6.07 Å². The van der Waals surface area contributed by atoms with Gasteiger partial charge in [0.1, 0.15) is 12.4 Å². The highest BCUT2D eigenvalue weighted by molar-refractivity contribution is 5.56. The topological polar surface area (TPSA) is 55.5 Å². The first-order valence-electron chi connectivity index (χ1n) is 3.84. The van der Waals surface area contributed by atoms with Crippen molar-refractivity contribution in [2.75, 3.05) is 18.9 Å². The molecule has 3 nitrogen and oxygen atoms in total. The lowest BCUT2D eigenvalue weighted by Gasteiger charge is -2.09. The van der Waals surface area contributed by atoms with E-state index >= 15 is 0 Å². The van der Waals surface area contributed by atoms with Crippen LogP contribution in [0.25, 0.3) is 0 Å². The summed E-state index contributed by atoms with van der Waals surface area (Å²) in [7, 11) is 0. The highest BCUT2D eigenvalue weighted by atomic mass is 16.5. The van der Waals surface area contributed by atoms with E-state index in [-0.39, 0.29) is 13.2 Å². The molecule has 0 saturated heterocycles. The van der Waals surface area contributed by atoms with Crippen LogP contribution in [0.5, 0.6) is 5.75 Å². The summed E-state index contributed by atoms with van der Waals surface area (Å²) in [5.41, 5.74) is 7.26. The molecule has 1 aromatic carbocycles. The van der Waals surface area contributed by atoms with Crippen molar-refractivity contribution in [2.45, 2.75) is 6.92 Å². The number of aliphatic hydroxyl groups excluding tert-OH is 1. The number of anilines is 1. The van der Waals surface area contributed by atoms with E-state index in [0.29, 0.717) is 11.4 Å². The van der Waals surface area contributed by atoms with Gasteiger partial charge in [-0.3, -0.25) is 0 Å². The summed E-state index contributed by atoms with van der Waals surface area (Å²) in [5.74, 6) is 0.673. The van der Waals surface area contributed by atoms with Crippen LogP contribution in [-0.4, -0.2) is 18.3 Å². The minimum atomic E-state index is 0.00771. The van der Waals surface area contributed by atoms with Crippen LogP contribution in [0.3, 0.4) is 0 Å². The highest BCUT2D eigenvalue weighted by Crippen LogP contribution is 2.24. The minimum absolute atomic E-state index is 0.00771. The van der Waals surface area contributed by atoms with Gasteiger partial charge in [0.15, 0.2) is 0 Å². The summed E-state index contributed by atoms with van der Waals surface area (Å²) in [6, 6.07) is 5.57. The first kappa shape index (κ1) is 8.87. The van der Waals surface area contributed by atoms with Crippen molar-refractivity contribution in [1.82, 2.24) is 0 Å². The first-order valence-corrected chi connectivity index (χ1v) is 3.84. The normalized spacial score (nSPS) is 9.83. The monoisotopic (exact) mass is 167 g/mol. The number of para-hydroxylation sites is 1. The van der Waals surface area contributed by atoms with Crippen molar-refractivity contribution >= 4 is 5.69 Å². The Hall–Kier alpha value is -1.22. The molecule has 0 radical (unpaired) electrons. The van der Waals surface area contributed by atoms with Crippen LogP contribution >= 0.6 is 0 Å². The second-order valence-electron chi connectivity index (χ2n) is 2.57. The van der Waals surface area contributed by atoms with E-state index in [1.165, 1.54) is 0 Å². The quantitative estimate of drug-likeness (QED) is 0.659. The van der Waals surface area contributed by atoms with Crippen molar-refractivity contribution in [3.63, 3.8) is 0 Å². The van der Waals surface area contributed by atoms with Crippen molar-refractivity contribution in [1.29, 1.82) is 0 Å². The number of nitrogens with two attached hydrogens (primary N) is 1. The molecule has 1 rings (SSSR count). The van der Waals surface area contributed by atoms with Crippen LogP contribution in [0.4, 0.5) is 5.69 Å². The molecule has 0 heterocycles. The van der Waals surface area contributed by atoms with Gasteiger partial charge in [0.25, 0.3) is 0 Å². The van der Waals surface area contributed by atoms with Gasteiger partial charge in [-0.15, -0.1) is 0 Å². The predicted octanol–water partition coefficient (Wildman–Crippen LogP) is 0.948. The summed E-state index contributed by atoms with van der Waals surface area (Å²) in [4.78, 5) is 0. The number of hydrogen-bond acceptors (Lipinski definition) is 3. The molecule has 0 amide bonds. The SMILES string of the molecule is Cc1cccc(N)c1OCCO. The summed E-state index contributed by atoms with van der Waals surface area (Å²) < 4.78 is 5.24. The molecule has 0 aliphatic carbocycles. The van der Waals surface area contributed by atoms with Crippen LogP contribution in [0.15, 0.2) is 18.2 Å². The van der Waals surface area contributed by atoms with Gasteiger partial charge >= 0.3 is 0 Å².